The average Bonchev–Trinajstić information content (AvgIpc) is 3.06. The van der Waals surface area contributed by atoms with Gasteiger partial charge >= 0.3 is 0 Å². The quantitative estimate of drug-likeness (QED) is 0.381. The first kappa shape index (κ1) is 21.9. The van der Waals surface area contributed by atoms with Gasteiger partial charge in [0.15, 0.2) is 5.16 Å². The van der Waals surface area contributed by atoms with Crippen molar-refractivity contribution >= 4 is 40.8 Å². The number of ether oxygens (including phenoxy) is 1. The molecule has 0 spiro atoms. The van der Waals surface area contributed by atoms with Gasteiger partial charge in [0.05, 0.1) is 18.2 Å². The molecule has 1 aromatic heterocycles. The molecule has 1 aliphatic rings. The van der Waals surface area contributed by atoms with Crippen LogP contribution in [0.4, 0.5) is 0 Å². The molecule has 0 radical (unpaired) electrons. The van der Waals surface area contributed by atoms with E-state index in [0.29, 0.717) is 32.5 Å². The highest BCUT2D eigenvalue weighted by molar-refractivity contribution is 7.98. The molecule has 0 amide bonds. The van der Waals surface area contributed by atoms with E-state index in [9.17, 15) is 0 Å². The monoisotopic (exact) mass is 472 g/mol. The molecule has 0 bridgehead atoms. The van der Waals surface area contributed by atoms with Crippen molar-refractivity contribution in [2.24, 2.45) is 4.99 Å². The van der Waals surface area contributed by atoms with Crippen LogP contribution in [-0.2, 0) is 11.1 Å². The van der Waals surface area contributed by atoms with Crippen molar-refractivity contribution in [2.75, 3.05) is 13.4 Å². The number of thioether (sulfide) groups is 1. The van der Waals surface area contributed by atoms with Crippen LogP contribution in [0, 0.1) is 0 Å². The molecule has 0 aliphatic carbocycles. The van der Waals surface area contributed by atoms with Crippen LogP contribution in [0.25, 0.3) is 0 Å². The van der Waals surface area contributed by atoms with Gasteiger partial charge in [0.2, 0.25) is 5.88 Å². The maximum atomic E-state index is 6.16. The zero-order chi connectivity index (χ0) is 22.2. The normalized spacial score (nSPS) is 22.7. The average molecular weight is 473 g/mol. The van der Waals surface area contributed by atoms with Crippen molar-refractivity contribution in [3.05, 3.63) is 81.5 Å². The van der Waals surface area contributed by atoms with Gasteiger partial charge in [-0.25, -0.2) is 4.98 Å². The van der Waals surface area contributed by atoms with E-state index in [2.05, 4.69) is 29.1 Å². The minimum absolute atomic E-state index is 0.476. The minimum Gasteiger partial charge on any atom is -0.480 e. The van der Waals surface area contributed by atoms with Gasteiger partial charge in [-0.2, -0.15) is 4.98 Å². The van der Waals surface area contributed by atoms with Crippen LogP contribution in [-0.4, -0.2) is 29.2 Å². The Labute approximate surface area is 196 Å². The standard InChI is InChI=1S/C23H22Cl2N4OS/c1-22(14-5-9-16(24)10-6-14)23(2,15-7-11-17(25)12-8-15)29-19(28-22)18-13-26-21(31-4)27-20(18)30-3/h5-13H,1-4H3,(H,28,29)/t22-,23+. The molecule has 1 N–H and O–H groups in total. The van der Waals surface area contributed by atoms with E-state index in [-0.39, 0.29) is 0 Å². The molecule has 0 saturated carbocycles. The molecule has 4 rings (SSSR count). The van der Waals surface area contributed by atoms with Crippen LogP contribution in [0.15, 0.2) is 64.9 Å². The highest BCUT2D eigenvalue weighted by Crippen LogP contribution is 2.48. The van der Waals surface area contributed by atoms with Gasteiger partial charge in [0, 0.05) is 16.2 Å². The molecule has 5 nitrogen and oxygen atoms in total. The summed E-state index contributed by atoms with van der Waals surface area (Å²) in [4.78, 5) is 14.1. The van der Waals surface area contributed by atoms with E-state index >= 15 is 0 Å². The molecule has 8 heteroatoms. The third-order valence-electron chi connectivity index (χ3n) is 5.87. The summed E-state index contributed by atoms with van der Waals surface area (Å²) in [5, 5.41) is 5.64. The molecular formula is C23H22Cl2N4OS. The minimum atomic E-state index is -0.649. The van der Waals surface area contributed by atoms with Crippen molar-refractivity contribution in [3.8, 4) is 5.88 Å². The number of aromatic nitrogens is 2. The maximum Gasteiger partial charge on any atom is 0.228 e. The first-order valence-corrected chi connectivity index (χ1v) is 11.6. The summed E-state index contributed by atoms with van der Waals surface area (Å²) in [7, 11) is 1.60. The summed E-state index contributed by atoms with van der Waals surface area (Å²) >= 11 is 13.8. The zero-order valence-electron chi connectivity index (χ0n) is 17.6. The Kier molecular flexibility index (Phi) is 5.90. The zero-order valence-corrected chi connectivity index (χ0v) is 19.9. The summed E-state index contributed by atoms with van der Waals surface area (Å²) in [6, 6.07) is 15.6. The van der Waals surface area contributed by atoms with Crippen molar-refractivity contribution in [1.29, 1.82) is 0 Å². The number of benzene rings is 2. The molecule has 31 heavy (non-hydrogen) atoms. The maximum absolute atomic E-state index is 6.16. The Morgan fingerprint density at radius 3 is 2.06 bits per heavy atom. The lowest BCUT2D eigenvalue weighted by molar-refractivity contribution is 0.268. The summed E-state index contributed by atoms with van der Waals surface area (Å²) in [5.41, 5.74) is 1.55. The number of hydrogen-bond donors (Lipinski definition) is 1. The summed E-state index contributed by atoms with van der Waals surface area (Å²) in [6.45, 7) is 4.24. The molecular weight excluding hydrogens is 451 g/mol. The van der Waals surface area contributed by atoms with Gasteiger partial charge in [-0.15, -0.1) is 0 Å². The Bertz CT molecular complexity index is 1140. The second-order valence-corrected chi connectivity index (χ2v) is 9.22. The number of amidine groups is 1. The predicted octanol–water partition coefficient (Wildman–Crippen LogP) is 5.69. The fourth-order valence-corrected chi connectivity index (χ4v) is 4.47. The molecule has 0 fully saturated rings. The summed E-state index contributed by atoms with van der Waals surface area (Å²) in [5.74, 6) is 1.14. The third-order valence-corrected chi connectivity index (χ3v) is 6.93. The number of aliphatic imine (C=N–C) groups is 1. The van der Waals surface area contributed by atoms with Crippen molar-refractivity contribution in [3.63, 3.8) is 0 Å². The number of nitrogens with zero attached hydrogens (tertiary/aromatic N) is 3. The van der Waals surface area contributed by atoms with E-state index in [1.807, 2.05) is 54.8 Å². The van der Waals surface area contributed by atoms with Crippen LogP contribution < -0.4 is 10.1 Å². The second-order valence-electron chi connectivity index (χ2n) is 7.58. The lowest BCUT2D eigenvalue weighted by Gasteiger charge is -2.40. The van der Waals surface area contributed by atoms with Crippen LogP contribution >= 0.6 is 35.0 Å². The summed E-state index contributed by atoms with van der Waals surface area (Å²) < 4.78 is 5.56. The van der Waals surface area contributed by atoms with Crippen LogP contribution in [0.5, 0.6) is 5.88 Å². The highest BCUT2D eigenvalue weighted by atomic mass is 35.5. The number of hydrogen-bond acceptors (Lipinski definition) is 6. The van der Waals surface area contributed by atoms with Gasteiger partial charge in [0.25, 0.3) is 0 Å². The Morgan fingerprint density at radius 2 is 1.52 bits per heavy atom. The second kappa shape index (κ2) is 8.34. The Morgan fingerprint density at radius 1 is 0.935 bits per heavy atom. The molecule has 0 saturated heterocycles. The van der Waals surface area contributed by atoms with Crippen LogP contribution in [0.3, 0.4) is 0 Å². The molecule has 1 aliphatic heterocycles. The lowest BCUT2D eigenvalue weighted by atomic mass is 9.72. The topological polar surface area (TPSA) is 59.4 Å². The van der Waals surface area contributed by atoms with Gasteiger partial charge in [-0.1, -0.05) is 59.2 Å². The van der Waals surface area contributed by atoms with E-state index in [4.69, 9.17) is 32.9 Å². The van der Waals surface area contributed by atoms with Crippen molar-refractivity contribution < 1.29 is 4.74 Å². The smallest absolute Gasteiger partial charge is 0.228 e. The first-order chi connectivity index (χ1) is 14.8. The molecule has 3 aromatic rings. The van der Waals surface area contributed by atoms with E-state index in [1.54, 1.807) is 13.3 Å². The SMILES string of the molecule is COc1nc(SC)ncc1C1=N[C@@](C)(c2ccc(Cl)cc2)[C@@](C)(c2ccc(Cl)cc2)N1. The predicted molar refractivity (Wildman–Crippen MR) is 128 cm³/mol. The first-order valence-electron chi connectivity index (χ1n) is 9.66. The van der Waals surface area contributed by atoms with Gasteiger partial charge in [0.1, 0.15) is 11.4 Å². The van der Waals surface area contributed by atoms with Gasteiger partial charge < -0.3 is 10.1 Å². The van der Waals surface area contributed by atoms with Gasteiger partial charge in [-0.3, -0.25) is 4.99 Å². The number of methoxy groups -OCH3 is 1. The Balaban J connectivity index is 1.90. The molecule has 160 valence electrons. The number of rotatable bonds is 5. The van der Waals surface area contributed by atoms with Crippen LogP contribution in [0.2, 0.25) is 10.0 Å². The molecule has 2 heterocycles. The third kappa shape index (κ3) is 3.77. The number of nitrogens with one attached hydrogen (secondary N) is 1. The number of halogens is 2. The molecule has 2 atom stereocenters. The fraction of sp³-hybridized carbons (Fsp3) is 0.261. The molecule has 2 aromatic carbocycles. The largest absolute Gasteiger partial charge is 0.480 e. The molecule has 0 unspecified atom stereocenters. The highest BCUT2D eigenvalue weighted by Gasteiger charge is 2.52. The van der Waals surface area contributed by atoms with Crippen LogP contribution in [0.1, 0.15) is 30.5 Å². The lowest BCUT2D eigenvalue weighted by Crippen LogP contribution is -2.50. The van der Waals surface area contributed by atoms with E-state index in [1.165, 1.54) is 11.8 Å². The van der Waals surface area contributed by atoms with Crippen molar-refractivity contribution in [1.82, 2.24) is 15.3 Å². The van der Waals surface area contributed by atoms with Gasteiger partial charge in [-0.05, 0) is 55.5 Å². The van der Waals surface area contributed by atoms with E-state index < -0.39 is 11.1 Å². The van der Waals surface area contributed by atoms with E-state index in [0.717, 1.165) is 11.1 Å². The summed E-state index contributed by atoms with van der Waals surface area (Å²) in [6.07, 6.45) is 3.67. The Hall–Kier alpha value is -2.28. The van der Waals surface area contributed by atoms with Crippen molar-refractivity contribution in [2.45, 2.75) is 30.1 Å². The fourth-order valence-electron chi connectivity index (χ4n) is 3.88.